The zero-order valence-corrected chi connectivity index (χ0v) is 16.4. The zero-order chi connectivity index (χ0) is 18.8. The van der Waals surface area contributed by atoms with Crippen molar-refractivity contribution in [1.82, 2.24) is 9.88 Å². The van der Waals surface area contributed by atoms with E-state index in [0.29, 0.717) is 11.8 Å². The number of aromatic amines is 1. The van der Waals surface area contributed by atoms with E-state index in [1.807, 2.05) is 6.07 Å². The summed E-state index contributed by atoms with van der Waals surface area (Å²) in [7, 11) is 3.24. The molecule has 1 aromatic heterocycles. The molecule has 0 spiro atoms. The molecule has 1 saturated carbocycles. The molecule has 2 saturated heterocycles. The molecule has 3 fully saturated rings. The Bertz CT molecular complexity index is 904. The van der Waals surface area contributed by atoms with Crippen LogP contribution in [0.3, 0.4) is 0 Å². The van der Waals surface area contributed by atoms with Gasteiger partial charge in [-0.3, -0.25) is 9.69 Å². The van der Waals surface area contributed by atoms with Crippen LogP contribution in [0.25, 0.3) is 10.9 Å². The van der Waals surface area contributed by atoms with Crippen LogP contribution in [0, 0.1) is 11.8 Å². The van der Waals surface area contributed by atoms with Crippen LogP contribution in [0.15, 0.2) is 18.2 Å². The maximum atomic E-state index is 13.4. The second-order valence-electron chi connectivity index (χ2n) is 8.52. The monoisotopic (exact) mass is 368 g/mol. The normalized spacial score (nSPS) is 34.2. The molecule has 0 radical (unpaired) electrons. The minimum atomic E-state index is -0.575. The molecule has 5 heteroatoms. The van der Waals surface area contributed by atoms with Gasteiger partial charge in [-0.05, 0) is 54.9 Å². The molecule has 4 heterocycles. The number of hydrogen-bond acceptors (Lipinski definition) is 4. The summed E-state index contributed by atoms with van der Waals surface area (Å²) in [5.41, 5.74) is 2.90. The van der Waals surface area contributed by atoms with Crippen molar-refractivity contribution in [2.24, 2.45) is 11.8 Å². The molecule has 1 unspecified atom stereocenters. The van der Waals surface area contributed by atoms with E-state index in [4.69, 9.17) is 9.47 Å². The predicted molar refractivity (Wildman–Crippen MR) is 104 cm³/mol. The Labute approximate surface area is 160 Å². The lowest BCUT2D eigenvalue weighted by Gasteiger charge is -2.57. The molecule has 5 nitrogen and oxygen atoms in total. The highest BCUT2D eigenvalue weighted by molar-refractivity contribution is 5.92. The molecule has 5 atom stereocenters. The van der Waals surface area contributed by atoms with Crippen molar-refractivity contribution in [2.75, 3.05) is 27.3 Å². The molecule has 3 aliphatic heterocycles. The molecule has 6 rings (SSSR count). The van der Waals surface area contributed by atoms with E-state index in [9.17, 15) is 4.79 Å². The quantitative estimate of drug-likeness (QED) is 0.845. The predicted octanol–water partition coefficient (Wildman–Crippen LogP) is 3.26. The van der Waals surface area contributed by atoms with Crippen LogP contribution in [0.2, 0.25) is 0 Å². The molecule has 144 valence electrons. The number of nitrogens with one attached hydrogen (secondary N) is 1. The fourth-order valence-electron chi connectivity index (χ4n) is 6.42. The summed E-state index contributed by atoms with van der Waals surface area (Å²) in [5.74, 6) is 1.90. The van der Waals surface area contributed by atoms with E-state index >= 15 is 0 Å². The summed E-state index contributed by atoms with van der Waals surface area (Å²) in [6.45, 7) is 4.39. The zero-order valence-electron chi connectivity index (χ0n) is 16.4. The number of nitrogens with zero attached hydrogens (tertiary/aromatic N) is 1. The number of piperidine rings is 2. The van der Waals surface area contributed by atoms with Gasteiger partial charge in [0.15, 0.2) is 0 Å². The second-order valence-corrected chi connectivity index (χ2v) is 8.52. The molecule has 1 aromatic carbocycles. The molecular weight excluding hydrogens is 340 g/mol. The van der Waals surface area contributed by atoms with Crippen molar-refractivity contribution in [2.45, 2.75) is 44.1 Å². The minimum Gasteiger partial charge on any atom is -0.497 e. The van der Waals surface area contributed by atoms with E-state index in [-0.39, 0.29) is 12.0 Å². The Balaban J connectivity index is 1.79. The number of ether oxygens (including phenoxy) is 2. The highest BCUT2D eigenvalue weighted by Crippen LogP contribution is 2.55. The second kappa shape index (κ2) is 5.99. The summed E-state index contributed by atoms with van der Waals surface area (Å²) >= 11 is 0. The van der Waals surface area contributed by atoms with Crippen LogP contribution in [0.5, 0.6) is 5.75 Å². The third-order valence-electron chi connectivity index (χ3n) is 7.37. The highest BCUT2D eigenvalue weighted by atomic mass is 16.5. The molecule has 0 amide bonds. The Morgan fingerprint density at radius 2 is 2.22 bits per heavy atom. The Kier molecular flexibility index (Phi) is 3.80. The molecule has 1 N–H and O–H groups in total. The van der Waals surface area contributed by atoms with E-state index in [1.54, 1.807) is 14.2 Å². The van der Waals surface area contributed by atoms with Crippen molar-refractivity contribution in [3.63, 3.8) is 0 Å². The third-order valence-corrected chi connectivity index (χ3v) is 7.37. The van der Waals surface area contributed by atoms with Crippen molar-refractivity contribution in [3.8, 4) is 5.75 Å². The lowest BCUT2D eigenvalue weighted by Crippen LogP contribution is -2.67. The number of hydrogen-bond donors (Lipinski definition) is 1. The maximum Gasteiger partial charge on any atom is 0.319 e. The molecule has 4 aliphatic rings. The van der Waals surface area contributed by atoms with Crippen LogP contribution < -0.4 is 4.74 Å². The number of carbonyl (C=O) groups is 1. The fourth-order valence-corrected chi connectivity index (χ4v) is 6.42. The number of aromatic nitrogens is 1. The largest absolute Gasteiger partial charge is 0.497 e. The third kappa shape index (κ3) is 2.18. The molecule has 1 aliphatic carbocycles. The first-order valence-electron chi connectivity index (χ1n) is 10.1. The topological polar surface area (TPSA) is 54.6 Å². The lowest BCUT2D eigenvalue weighted by atomic mass is 9.56. The average molecular weight is 368 g/mol. The van der Waals surface area contributed by atoms with Crippen LogP contribution in [-0.2, 0) is 21.4 Å². The van der Waals surface area contributed by atoms with E-state index < -0.39 is 5.41 Å². The maximum absolute atomic E-state index is 13.4. The summed E-state index contributed by atoms with van der Waals surface area (Å²) in [6, 6.07) is 6.40. The van der Waals surface area contributed by atoms with Crippen LogP contribution in [0.1, 0.15) is 37.4 Å². The van der Waals surface area contributed by atoms with Crippen molar-refractivity contribution >= 4 is 16.9 Å². The number of methoxy groups -OCH3 is 2. The first-order valence-corrected chi connectivity index (χ1v) is 10.1. The Morgan fingerprint density at radius 1 is 1.37 bits per heavy atom. The minimum absolute atomic E-state index is 0.0676. The molecule has 27 heavy (non-hydrogen) atoms. The SMILES string of the molecule is CC[C@H]1C[C@@H]2CN3CCc4c([nH]c5ccc(OC)cc45)[C@](C(=O)OC)(C2)[C@@H]13. The van der Waals surface area contributed by atoms with E-state index in [1.165, 1.54) is 17.4 Å². The summed E-state index contributed by atoms with van der Waals surface area (Å²) < 4.78 is 10.9. The summed E-state index contributed by atoms with van der Waals surface area (Å²) in [5, 5.41) is 1.19. The van der Waals surface area contributed by atoms with Gasteiger partial charge in [0.2, 0.25) is 0 Å². The van der Waals surface area contributed by atoms with Gasteiger partial charge in [0, 0.05) is 35.7 Å². The summed E-state index contributed by atoms with van der Waals surface area (Å²) in [6.07, 6.45) is 4.20. The van der Waals surface area contributed by atoms with Gasteiger partial charge in [0.05, 0.1) is 14.2 Å². The number of benzene rings is 1. The van der Waals surface area contributed by atoms with Crippen LogP contribution in [0.4, 0.5) is 0 Å². The van der Waals surface area contributed by atoms with Crippen LogP contribution >= 0.6 is 0 Å². The van der Waals surface area contributed by atoms with Gasteiger partial charge in [-0.25, -0.2) is 0 Å². The lowest BCUT2D eigenvalue weighted by molar-refractivity contribution is -0.162. The van der Waals surface area contributed by atoms with Crippen LogP contribution in [-0.4, -0.2) is 49.2 Å². The van der Waals surface area contributed by atoms with E-state index in [0.717, 1.165) is 49.3 Å². The van der Waals surface area contributed by atoms with Gasteiger partial charge in [-0.2, -0.15) is 0 Å². The first-order chi connectivity index (χ1) is 13.1. The van der Waals surface area contributed by atoms with Gasteiger partial charge >= 0.3 is 5.97 Å². The number of carbonyl (C=O) groups excluding carboxylic acids is 1. The number of esters is 1. The summed E-state index contributed by atoms with van der Waals surface area (Å²) in [4.78, 5) is 19.6. The average Bonchev–Trinajstić information content (AvgIpc) is 3.04. The number of fused-ring (bicyclic) bond motifs is 4. The van der Waals surface area contributed by atoms with Crippen molar-refractivity contribution in [3.05, 3.63) is 29.5 Å². The van der Waals surface area contributed by atoms with Crippen molar-refractivity contribution < 1.29 is 14.3 Å². The number of H-pyrrole nitrogens is 1. The molecular formula is C22H28N2O3. The Hall–Kier alpha value is -2.01. The first kappa shape index (κ1) is 17.1. The number of rotatable bonds is 3. The highest BCUT2D eigenvalue weighted by Gasteiger charge is 2.62. The van der Waals surface area contributed by atoms with Gasteiger partial charge in [0.25, 0.3) is 0 Å². The van der Waals surface area contributed by atoms with E-state index in [2.05, 4.69) is 28.9 Å². The van der Waals surface area contributed by atoms with Crippen molar-refractivity contribution in [1.29, 1.82) is 0 Å². The smallest absolute Gasteiger partial charge is 0.319 e. The van der Waals surface area contributed by atoms with Gasteiger partial charge in [-0.1, -0.05) is 13.3 Å². The van der Waals surface area contributed by atoms with Gasteiger partial charge < -0.3 is 14.5 Å². The fraction of sp³-hybridized carbons (Fsp3) is 0.591. The van der Waals surface area contributed by atoms with Gasteiger partial charge in [-0.15, -0.1) is 0 Å². The van der Waals surface area contributed by atoms with Gasteiger partial charge in [0.1, 0.15) is 11.2 Å². The molecule has 2 aromatic rings. The standard InChI is InChI=1S/C22H28N2O3/c1-4-14-9-13-11-22(21(25)27-3)19-16(7-8-24(12-13)20(14)22)17-10-15(26-2)5-6-18(17)23-19/h5-6,10,13-14,20,23H,4,7-9,11-12H2,1-3H3/t13-,14-,20+,22+/m0/s1. The molecule has 4 bridgehead atoms. The Morgan fingerprint density at radius 3 is 2.96 bits per heavy atom.